The normalized spacial score (nSPS) is 11.8. The molecule has 0 aliphatic rings. The fourth-order valence-corrected chi connectivity index (χ4v) is 4.82. The van der Waals surface area contributed by atoms with Gasteiger partial charge < -0.3 is 36.2 Å². The summed E-state index contributed by atoms with van der Waals surface area (Å²) in [5.41, 5.74) is 2.36. The zero-order chi connectivity index (χ0) is 31.7. The summed E-state index contributed by atoms with van der Waals surface area (Å²) in [4.78, 5) is 61.8. The lowest BCUT2D eigenvalue weighted by Gasteiger charge is -2.22. The second-order valence-corrected chi connectivity index (χ2v) is 10.6. The van der Waals surface area contributed by atoms with Crippen molar-refractivity contribution < 1.29 is 38.9 Å². The molecule has 0 bridgehead atoms. The van der Waals surface area contributed by atoms with Crippen molar-refractivity contribution in [2.45, 2.75) is 30.9 Å². The number of carboxylic acid groups (broad SMARTS) is 1. The number of alkyl carbamates (subject to hydrolysis) is 1. The van der Waals surface area contributed by atoms with E-state index < -0.39 is 55.0 Å². The Morgan fingerprint density at radius 2 is 1.32 bits per heavy atom. The van der Waals surface area contributed by atoms with E-state index in [1.807, 2.05) is 36.4 Å². The topological polar surface area (TPSA) is 183 Å². The summed E-state index contributed by atoms with van der Waals surface area (Å²) in [5.74, 6) is -2.63. The van der Waals surface area contributed by atoms with Crippen molar-refractivity contribution in [3.05, 3.63) is 102 Å². The molecule has 0 radical (unpaired) electrons. The van der Waals surface area contributed by atoms with E-state index in [9.17, 15) is 34.2 Å². The monoisotopic (exact) mass is 622 g/mol. The molecule has 0 unspecified atom stereocenters. The predicted octanol–water partition coefficient (Wildman–Crippen LogP) is 1.96. The van der Waals surface area contributed by atoms with Crippen molar-refractivity contribution in [3.63, 3.8) is 0 Å². The highest BCUT2D eigenvalue weighted by Gasteiger charge is 2.27. The van der Waals surface area contributed by atoms with E-state index in [2.05, 4.69) is 21.3 Å². The fourth-order valence-electron chi connectivity index (χ4n) is 3.81. The van der Waals surface area contributed by atoms with Gasteiger partial charge in [0.05, 0.1) is 6.54 Å². The molecule has 0 spiro atoms. The molecule has 0 saturated heterocycles. The zero-order valence-electron chi connectivity index (χ0n) is 23.7. The summed E-state index contributed by atoms with van der Waals surface area (Å²) in [6.07, 6.45) is -0.850. The van der Waals surface area contributed by atoms with E-state index in [0.29, 0.717) is 11.3 Å². The van der Waals surface area contributed by atoms with Gasteiger partial charge in [-0.15, -0.1) is 0 Å². The number of thioether (sulfide) groups is 1. The summed E-state index contributed by atoms with van der Waals surface area (Å²) >= 11 is 1.37. The van der Waals surface area contributed by atoms with Crippen LogP contribution in [0.2, 0.25) is 0 Å². The molecular formula is C31H34N4O8S. The number of aliphatic carboxylic acids is 1. The van der Waals surface area contributed by atoms with Gasteiger partial charge in [0.2, 0.25) is 17.7 Å². The van der Waals surface area contributed by atoms with Crippen LogP contribution in [0.1, 0.15) is 16.7 Å². The Balaban J connectivity index is 1.51. The smallest absolute Gasteiger partial charge is 0.407 e. The number of carboxylic acids is 1. The second kappa shape index (κ2) is 17.8. The fraction of sp³-hybridized carbons (Fsp3) is 0.258. The molecule has 232 valence electrons. The number of carbonyl (C=O) groups excluding carboxylic acids is 4. The van der Waals surface area contributed by atoms with Crippen LogP contribution in [-0.2, 0) is 42.7 Å². The molecule has 0 aromatic heterocycles. The molecule has 0 fully saturated rings. The number of nitrogens with one attached hydrogen (secondary N) is 4. The predicted molar refractivity (Wildman–Crippen MR) is 164 cm³/mol. The van der Waals surface area contributed by atoms with Gasteiger partial charge in [-0.1, -0.05) is 72.8 Å². The first-order valence-corrected chi connectivity index (χ1v) is 14.8. The summed E-state index contributed by atoms with van der Waals surface area (Å²) < 4.78 is 5.03. The van der Waals surface area contributed by atoms with Crippen molar-refractivity contribution in [2.24, 2.45) is 0 Å². The van der Waals surface area contributed by atoms with Crippen molar-refractivity contribution in [3.8, 4) is 5.75 Å². The van der Waals surface area contributed by atoms with Crippen molar-refractivity contribution in [2.75, 3.05) is 18.8 Å². The molecule has 0 heterocycles. The van der Waals surface area contributed by atoms with E-state index in [-0.39, 0.29) is 24.5 Å². The third-order valence-electron chi connectivity index (χ3n) is 6.09. The molecule has 44 heavy (non-hydrogen) atoms. The number of benzene rings is 3. The Hall–Kier alpha value is -5.04. The lowest BCUT2D eigenvalue weighted by atomic mass is 10.1. The number of amides is 4. The maximum atomic E-state index is 13.2. The minimum absolute atomic E-state index is 0.0220. The van der Waals surface area contributed by atoms with Gasteiger partial charge >= 0.3 is 12.1 Å². The molecule has 0 saturated carbocycles. The van der Waals surface area contributed by atoms with Crippen LogP contribution < -0.4 is 21.3 Å². The number of phenolic OH excluding ortho intramolecular Hbond substituents is 1. The van der Waals surface area contributed by atoms with Crippen LogP contribution in [0.15, 0.2) is 84.9 Å². The molecule has 4 amide bonds. The first-order chi connectivity index (χ1) is 21.2. The number of hydrogen-bond donors (Lipinski definition) is 6. The quantitative estimate of drug-likeness (QED) is 0.139. The molecule has 13 heteroatoms. The van der Waals surface area contributed by atoms with Gasteiger partial charge in [-0.3, -0.25) is 14.4 Å². The van der Waals surface area contributed by atoms with Crippen LogP contribution >= 0.6 is 11.8 Å². The largest absolute Gasteiger partial charge is 0.508 e. The summed E-state index contributed by atoms with van der Waals surface area (Å²) in [6.45, 7) is -0.891. The van der Waals surface area contributed by atoms with Gasteiger partial charge in [0.1, 0.15) is 31.0 Å². The summed E-state index contributed by atoms with van der Waals surface area (Å²) in [6, 6.07) is 22.0. The first kappa shape index (κ1) is 33.5. The second-order valence-electron chi connectivity index (χ2n) is 9.58. The average Bonchev–Trinajstić information content (AvgIpc) is 3.02. The number of rotatable bonds is 16. The highest BCUT2D eigenvalue weighted by atomic mass is 32.2. The van der Waals surface area contributed by atoms with Gasteiger partial charge in [-0.2, -0.15) is 11.8 Å². The molecule has 3 aromatic rings. The third-order valence-corrected chi connectivity index (χ3v) is 7.20. The highest BCUT2D eigenvalue weighted by Crippen LogP contribution is 2.14. The molecule has 3 aromatic carbocycles. The van der Waals surface area contributed by atoms with Crippen molar-refractivity contribution >= 4 is 41.5 Å². The van der Waals surface area contributed by atoms with Gasteiger partial charge in [0, 0.05) is 17.9 Å². The Kier molecular flexibility index (Phi) is 13.5. The van der Waals surface area contributed by atoms with Gasteiger partial charge in [0.25, 0.3) is 0 Å². The van der Waals surface area contributed by atoms with E-state index in [0.717, 1.165) is 11.1 Å². The minimum atomic E-state index is -1.29. The molecule has 12 nitrogen and oxygen atoms in total. The summed E-state index contributed by atoms with van der Waals surface area (Å²) in [5, 5.41) is 28.9. The van der Waals surface area contributed by atoms with Crippen molar-refractivity contribution in [1.29, 1.82) is 0 Å². The van der Waals surface area contributed by atoms with E-state index in [1.54, 1.807) is 36.4 Å². The standard InChI is InChI=1S/C31H34N4O8S/c36-24-13-11-21(12-14-24)15-25(30(40)41)35-29(39)26(20-44-19-23-9-5-2-6-10-23)34-28(38)17-32-27(37)16-33-31(42)43-18-22-7-3-1-4-8-22/h1-14,25-26,36H,15-20H2,(H,32,37)(H,33,42)(H,34,38)(H,35,39)(H,40,41)/t25-,26-/m0/s1. The van der Waals surface area contributed by atoms with Crippen LogP contribution in [0.25, 0.3) is 0 Å². The Morgan fingerprint density at radius 1 is 0.705 bits per heavy atom. The van der Waals surface area contributed by atoms with Gasteiger partial charge in [-0.05, 0) is 28.8 Å². The summed E-state index contributed by atoms with van der Waals surface area (Å²) in [7, 11) is 0. The van der Waals surface area contributed by atoms with Gasteiger partial charge in [0.15, 0.2) is 0 Å². The Bertz CT molecular complexity index is 1390. The lowest BCUT2D eigenvalue weighted by Crippen LogP contribution is -2.54. The maximum Gasteiger partial charge on any atom is 0.407 e. The molecule has 2 atom stereocenters. The van der Waals surface area contributed by atoms with Crippen LogP contribution in [-0.4, -0.2) is 70.9 Å². The third kappa shape index (κ3) is 12.4. The molecule has 0 aliphatic heterocycles. The molecule has 3 rings (SSSR count). The number of carbonyl (C=O) groups is 5. The van der Waals surface area contributed by atoms with Gasteiger partial charge in [-0.25, -0.2) is 9.59 Å². The molecule has 0 aliphatic carbocycles. The number of aromatic hydroxyl groups is 1. The molecule has 6 N–H and O–H groups in total. The van der Waals surface area contributed by atoms with E-state index in [4.69, 9.17) is 4.74 Å². The van der Waals surface area contributed by atoms with Crippen LogP contribution in [0.5, 0.6) is 5.75 Å². The zero-order valence-corrected chi connectivity index (χ0v) is 24.5. The van der Waals surface area contributed by atoms with E-state index >= 15 is 0 Å². The number of hydrogen-bond acceptors (Lipinski definition) is 8. The Morgan fingerprint density at radius 3 is 1.95 bits per heavy atom. The van der Waals surface area contributed by atoms with Crippen LogP contribution in [0, 0.1) is 0 Å². The first-order valence-electron chi connectivity index (χ1n) is 13.6. The number of ether oxygens (including phenoxy) is 1. The maximum absolute atomic E-state index is 13.2. The van der Waals surface area contributed by atoms with Crippen LogP contribution in [0.4, 0.5) is 4.79 Å². The average molecular weight is 623 g/mol. The highest BCUT2D eigenvalue weighted by molar-refractivity contribution is 7.98. The minimum Gasteiger partial charge on any atom is -0.508 e. The van der Waals surface area contributed by atoms with Crippen LogP contribution in [0.3, 0.4) is 0 Å². The molecular weight excluding hydrogens is 588 g/mol. The lowest BCUT2D eigenvalue weighted by molar-refractivity contribution is -0.142. The van der Waals surface area contributed by atoms with E-state index in [1.165, 1.54) is 23.9 Å². The SMILES string of the molecule is O=C(CNC(=O)OCc1ccccc1)NCC(=O)N[C@@H](CSCc1ccccc1)C(=O)N[C@@H](Cc1ccc(O)cc1)C(=O)O. The number of phenols is 1. The Labute approximate surface area is 258 Å². The van der Waals surface area contributed by atoms with Crippen molar-refractivity contribution in [1.82, 2.24) is 21.3 Å².